The van der Waals surface area contributed by atoms with Crippen LogP contribution in [0.25, 0.3) is 0 Å². The van der Waals surface area contributed by atoms with Crippen LogP contribution in [-0.2, 0) is 11.3 Å². The summed E-state index contributed by atoms with van der Waals surface area (Å²) in [5, 5.41) is 0. The summed E-state index contributed by atoms with van der Waals surface area (Å²) in [5.74, 6) is 0.187. The molecule has 5 heteroatoms. The first kappa shape index (κ1) is 20.3. The summed E-state index contributed by atoms with van der Waals surface area (Å²) in [4.78, 5) is 18.7. The van der Waals surface area contributed by atoms with E-state index in [0.717, 1.165) is 5.69 Å². The smallest absolute Gasteiger partial charge is 0.415 e. The monoisotopic (exact) mass is 384 g/mol. The van der Waals surface area contributed by atoms with Crippen molar-refractivity contribution in [2.75, 3.05) is 4.90 Å². The van der Waals surface area contributed by atoms with Crippen LogP contribution in [0.15, 0.2) is 42.6 Å². The van der Waals surface area contributed by atoms with Gasteiger partial charge in [0, 0.05) is 6.20 Å². The first-order valence-corrected chi connectivity index (χ1v) is 10.0. The van der Waals surface area contributed by atoms with Crippen LogP contribution in [0.4, 0.5) is 14.9 Å². The summed E-state index contributed by atoms with van der Waals surface area (Å²) in [5.41, 5.74) is 1.82. The average Bonchev–Trinajstić information content (AvgIpc) is 2.66. The van der Waals surface area contributed by atoms with Crippen molar-refractivity contribution >= 4 is 11.8 Å². The average molecular weight is 384 g/mol. The van der Waals surface area contributed by atoms with Gasteiger partial charge in [-0.2, -0.15) is 0 Å². The summed E-state index contributed by atoms with van der Waals surface area (Å²) in [7, 11) is 0. The molecule has 1 aromatic carbocycles. The fraction of sp³-hybridized carbons (Fsp3) is 0.478. The van der Waals surface area contributed by atoms with Crippen LogP contribution < -0.4 is 4.90 Å². The number of hydrogen-bond donors (Lipinski definition) is 0. The molecule has 4 nitrogen and oxygen atoms in total. The van der Waals surface area contributed by atoms with Crippen LogP contribution in [0.2, 0.25) is 0 Å². The van der Waals surface area contributed by atoms with E-state index < -0.39 is 17.5 Å². The SMILES string of the molecule is CC(C)(C)OC(=O)N(Cc1ccc(C2CCCCC2)cn1)c1cccc(F)c1. The number of carbonyl (C=O) groups excluding carboxylic acids is 1. The zero-order chi connectivity index (χ0) is 20.1. The van der Waals surface area contributed by atoms with Gasteiger partial charge in [0.2, 0.25) is 0 Å². The number of carbonyl (C=O) groups is 1. The minimum atomic E-state index is -0.638. The minimum Gasteiger partial charge on any atom is -0.443 e. The van der Waals surface area contributed by atoms with Gasteiger partial charge in [0.25, 0.3) is 0 Å². The second kappa shape index (κ2) is 8.72. The number of anilines is 1. The Balaban J connectivity index is 1.79. The van der Waals surface area contributed by atoms with E-state index in [1.165, 1.54) is 54.7 Å². The Morgan fingerprint density at radius 3 is 2.54 bits per heavy atom. The summed E-state index contributed by atoms with van der Waals surface area (Å²) in [6, 6.07) is 10.0. The number of ether oxygens (including phenoxy) is 1. The maximum absolute atomic E-state index is 13.7. The lowest BCUT2D eigenvalue weighted by molar-refractivity contribution is 0.0577. The molecule has 2 aromatic rings. The summed E-state index contributed by atoms with van der Waals surface area (Å²) >= 11 is 0. The Bertz CT molecular complexity index is 793. The highest BCUT2D eigenvalue weighted by atomic mass is 19.1. The molecule has 0 atom stereocenters. The van der Waals surface area contributed by atoms with E-state index in [-0.39, 0.29) is 6.54 Å². The zero-order valence-corrected chi connectivity index (χ0v) is 17.0. The van der Waals surface area contributed by atoms with Gasteiger partial charge < -0.3 is 4.74 Å². The molecule has 1 aromatic heterocycles. The molecule has 1 amide bonds. The van der Waals surface area contributed by atoms with Gasteiger partial charge in [-0.05, 0) is 69.4 Å². The summed E-state index contributed by atoms with van der Waals surface area (Å²) in [6.07, 6.45) is 7.71. The first-order chi connectivity index (χ1) is 13.3. The fourth-order valence-electron chi connectivity index (χ4n) is 3.59. The number of hydrogen-bond acceptors (Lipinski definition) is 3. The molecule has 150 valence electrons. The Morgan fingerprint density at radius 2 is 1.93 bits per heavy atom. The lowest BCUT2D eigenvalue weighted by Crippen LogP contribution is -2.36. The van der Waals surface area contributed by atoms with Crippen LogP contribution in [-0.4, -0.2) is 16.7 Å². The zero-order valence-electron chi connectivity index (χ0n) is 17.0. The van der Waals surface area contributed by atoms with Crippen LogP contribution in [0, 0.1) is 5.82 Å². The van der Waals surface area contributed by atoms with Gasteiger partial charge in [0.1, 0.15) is 11.4 Å². The van der Waals surface area contributed by atoms with Crippen LogP contribution in [0.5, 0.6) is 0 Å². The largest absolute Gasteiger partial charge is 0.443 e. The highest BCUT2D eigenvalue weighted by Gasteiger charge is 2.24. The van der Waals surface area contributed by atoms with Crippen molar-refractivity contribution in [2.24, 2.45) is 0 Å². The number of halogens is 1. The predicted octanol–water partition coefficient (Wildman–Crippen LogP) is 6.21. The lowest BCUT2D eigenvalue weighted by atomic mass is 9.85. The van der Waals surface area contributed by atoms with E-state index in [1.54, 1.807) is 12.1 Å². The molecule has 0 radical (unpaired) electrons. The number of amides is 1. The topological polar surface area (TPSA) is 42.4 Å². The Hall–Kier alpha value is -2.43. The first-order valence-electron chi connectivity index (χ1n) is 10.0. The predicted molar refractivity (Wildman–Crippen MR) is 109 cm³/mol. The molecular formula is C23H29FN2O2. The van der Waals surface area contributed by atoms with Gasteiger partial charge in [0.15, 0.2) is 0 Å². The molecule has 1 saturated carbocycles. The van der Waals surface area contributed by atoms with Crippen molar-refractivity contribution in [1.82, 2.24) is 4.98 Å². The Kier molecular flexibility index (Phi) is 6.32. The molecule has 0 bridgehead atoms. The molecule has 1 aliphatic rings. The second-order valence-electron chi connectivity index (χ2n) is 8.46. The molecule has 0 saturated heterocycles. The van der Waals surface area contributed by atoms with Gasteiger partial charge in [-0.15, -0.1) is 0 Å². The Morgan fingerprint density at radius 1 is 1.18 bits per heavy atom. The molecule has 1 fully saturated rings. The van der Waals surface area contributed by atoms with E-state index >= 15 is 0 Å². The molecular weight excluding hydrogens is 355 g/mol. The van der Waals surface area contributed by atoms with E-state index in [9.17, 15) is 9.18 Å². The number of pyridine rings is 1. The van der Waals surface area contributed by atoms with Crippen LogP contribution in [0.1, 0.15) is 70.1 Å². The van der Waals surface area contributed by atoms with Crippen molar-refractivity contribution in [3.8, 4) is 0 Å². The summed E-state index contributed by atoms with van der Waals surface area (Å²) in [6.45, 7) is 5.66. The standard InChI is InChI=1S/C23H29FN2O2/c1-23(2,3)28-22(27)26(21-11-7-10-19(24)14-21)16-20-13-12-18(15-25-20)17-8-5-4-6-9-17/h7,10-15,17H,4-6,8-9,16H2,1-3H3. The van der Waals surface area contributed by atoms with Crippen molar-refractivity contribution < 1.29 is 13.9 Å². The maximum Gasteiger partial charge on any atom is 0.415 e. The van der Waals surface area contributed by atoms with Gasteiger partial charge in [-0.3, -0.25) is 9.88 Å². The van der Waals surface area contributed by atoms with Gasteiger partial charge in [-0.1, -0.05) is 31.4 Å². The van der Waals surface area contributed by atoms with Gasteiger partial charge >= 0.3 is 6.09 Å². The van der Waals surface area contributed by atoms with E-state index in [2.05, 4.69) is 11.1 Å². The van der Waals surface area contributed by atoms with E-state index in [4.69, 9.17) is 4.74 Å². The highest BCUT2D eigenvalue weighted by Crippen LogP contribution is 2.32. The molecule has 3 rings (SSSR count). The molecule has 0 unspecified atom stereocenters. The normalized spacial score (nSPS) is 15.3. The molecule has 0 spiro atoms. The number of benzene rings is 1. The van der Waals surface area contributed by atoms with Crippen LogP contribution in [0.3, 0.4) is 0 Å². The number of aromatic nitrogens is 1. The summed E-state index contributed by atoms with van der Waals surface area (Å²) < 4.78 is 19.3. The Labute approximate surface area is 166 Å². The minimum absolute atomic E-state index is 0.226. The third kappa shape index (κ3) is 5.54. The molecule has 1 aliphatic carbocycles. The van der Waals surface area contributed by atoms with E-state index in [1.807, 2.05) is 33.0 Å². The third-order valence-electron chi connectivity index (χ3n) is 4.98. The van der Waals surface area contributed by atoms with Gasteiger partial charge in [-0.25, -0.2) is 9.18 Å². The fourth-order valence-corrected chi connectivity index (χ4v) is 3.59. The number of nitrogens with zero attached hydrogens (tertiary/aromatic N) is 2. The van der Waals surface area contributed by atoms with Crippen molar-refractivity contribution in [1.29, 1.82) is 0 Å². The van der Waals surface area contributed by atoms with Gasteiger partial charge in [0.05, 0.1) is 17.9 Å². The number of rotatable bonds is 4. The third-order valence-corrected chi connectivity index (χ3v) is 4.98. The van der Waals surface area contributed by atoms with E-state index in [0.29, 0.717) is 11.6 Å². The molecule has 1 heterocycles. The molecule has 0 N–H and O–H groups in total. The maximum atomic E-state index is 13.7. The highest BCUT2D eigenvalue weighted by molar-refractivity contribution is 5.87. The van der Waals surface area contributed by atoms with Crippen LogP contribution >= 0.6 is 0 Å². The molecule has 28 heavy (non-hydrogen) atoms. The quantitative estimate of drug-likeness (QED) is 0.629. The lowest BCUT2D eigenvalue weighted by Gasteiger charge is -2.27. The second-order valence-corrected chi connectivity index (χ2v) is 8.46. The van der Waals surface area contributed by atoms with Crippen molar-refractivity contribution in [3.63, 3.8) is 0 Å². The molecule has 0 aliphatic heterocycles. The van der Waals surface area contributed by atoms with Crippen molar-refractivity contribution in [3.05, 3.63) is 59.7 Å². The van der Waals surface area contributed by atoms with Crippen molar-refractivity contribution in [2.45, 2.75) is 70.9 Å².